The Morgan fingerprint density at radius 3 is 3.00 bits per heavy atom. The van der Waals surface area contributed by atoms with Crippen molar-refractivity contribution in [3.05, 3.63) is 28.7 Å². The van der Waals surface area contributed by atoms with E-state index in [0.29, 0.717) is 13.0 Å². The zero-order valence-corrected chi connectivity index (χ0v) is 7.60. The minimum Gasteiger partial charge on any atom is -0.394 e. The Bertz CT molecular complexity index is 331. The molecule has 0 bridgehead atoms. The summed E-state index contributed by atoms with van der Waals surface area (Å²) in [6.07, 6.45) is 1.83. The molecular weight excluding hydrogens is 168 g/mol. The number of anilines is 1. The Morgan fingerprint density at radius 2 is 2.38 bits per heavy atom. The topological polar surface area (TPSA) is 68.2 Å². The molecule has 0 radical (unpaired) electrons. The quantitative estimate of drug-likeness (QED) is 0.701. The summed E-state index contributed by atoms with van der Waals surface area (Å²) in [5, 5.41) is 9.03. The molecule has 1 heterocycles. The van der Waals surface area contributed by atoms with E-state index in [4.69, 9.17) is 10.8 Å². The van der Waals surface area contributed by atoms with Gasteiger partial charge in [0.15, 0.2) is 0 Å². The second-order valence-electron chi connectivity index (χ2n) is 3.10. The highest BCUT2D eigenvalue weighted by molar-refractivity contribution is 5.33. The minimum atomic E-state index is -0.395. The number of aliphatic hydroxyl groups excluding tert-OH is 1. The van der Waals surface area contributed by atoms with Crippen LogP contribution in [-0.2, 0) is 6.54 Å². The number of hydrogen-bond donors (Lipinski definition) is 2. The van der Waals surface area contributed by atoms with Crippen molar-refractivity contribution < 1.29 is 5.11 Å². The van der Waals surface area contributed by atoms with Gasteiger partial charge in [-0.15, -0.1) is 0 Å². The maximum Gasteiger partial charge on any atom is 0.273 e. The van der Waals surface area contributed by atoms with Crippen LogP contribution in [0, 0.1) is 0 Å². The van der Waals surface area contributed by atoms with E-state index in [1.807, 2.05) is 0 Å². The number of nitrogens with zero attached hydrogens (tertiary/aromatic N) is 1. The van der Waals surface area contributed by atoms with Gasteiger partial charge < -0.3 is 15.4 Å². The Kier molecular flexibility index (Phi) is 3.08. The van der Waals surface area contributed by atoms with Gasteiger partial charge in [0.05, 0.1) is 11.8 Å². The van der Waals surface area contributed by atoms with Crippen molar-refractivity contribution in [3.63, 3.8) is 0 Å². The summed E-state index contributed by atoms with van der Waals surface area (Å²) in [5.41, 5.74) is 5.48. The van der Waals surface area contributed by atoms with Gasteiger partial charge in [-0.2, -0.15) is 0 Å². The Hall–Kier alpha value is -1.29. The van der Waals surface area contributed by atoms with Gasteiger partial charge in [0.1, 0.15) is 0 Å². The van der Waals surface area contributed by atoms with E-state index in [9.17, 15) is 4.79 Å². The van der Waals surface area contributed by atoms with Crippen LogP contribution < -0.4 is 11.3 Å². The van der Waals surface area contributed by atoms with E-state index in [1.54, 1.807) is 25.3 Å². The van der Waals surface area contributed by atoms with Crippen molar-refractivity contribution in [3.8, 4) is 0 Å². The lowest BCUT2D eigenvalue weighted by Gasteiger charge is -2.07. The van der Waals surface area contributed by atoms with Gasteiger partial charge in [-0.1, -0.05) is 0 Å². The van der Waals surface area contributed by atoms with Crippen LogP contribution in [-0.4, -0.2) is 15.8 Å². The van der Waals surface area contributed by atoms with Gasteiger partial charge in [-0.3, -0.25) is 4.79 Å². The lowest BCUT2D eigenvalue weighted by molar-refractivity contribution is 0.177. The maximum atomic E-state index is 11.3. The third kappa shape index (κ3) is 2.59. The Morgan fingerprint density at radius 1 is 1.69 bits per heavy atom. The summed E-state index contributed by atoms with van der Waals surface area (Å²) in [6.45, 7) is 2.19. The molecule has 4 heteroatoms. The number of aryl methyl sites for hydroxylation is 1. The number of pyridine rings is 1. The molecule has 72 valence electrons. The summed E-state index contributed by atoms with van der Waals surface area (Å²) in [6, 6.07) is 3.29. The fourth-order valence-electron chi connectivity index (χ4n) is 1.06. The second kappa shape index (κ2) is 4.09. The molecule has 13 heavy (non-hydrogen) atoms. The fourth-order valence-corrected chi connectivity index (χ4v) is 1.06. The maximum absolute atomic E-state index is 11.3. The first-order valence-corrected chi connectivity index (χ1v) is 4.24. The van der Waals surface area contributed by atoms with Crippen LogP contribution in [0.3, 0.4) is 0 Å². The SMILES string of the molecule is CC(O)CCn1cccc(N)c1=O. The number of nitrogens with two attached hydrogens (primary N) is 1. The summed E-state index contributed by atoms with van der Waals surface area (Å²) in [7, 11) is 0. The van der Waals surface area contributed by atoms with E-state index in [2.05, 4.69) is 0 Å². The smallest absolute Gasteiger partial charge is 0.273 e. The summed E-state index contributed by atoms with van der Waals surface area (Å²) >= 11 is 0. The molecule has 4 nitrogen and oxygen atoms in total. The number of aromatic nitrogens is 1. The fraction of sp³-hybridized carbons (Fsp3) is 0.444. The van der Waals surface area contributed by atoms with Gasteiger partial charge >= 0.3 is 0 Å². The van der Waals surface area contributed by atoms with Crippen molar-refractivity contribution in [1.82, 2.24) is 4.57 Å². The van der Waals surface area contributed by atoms with Crippen LogP contribution in [0.25, 0.3) is 0 Å². The van der Waals surface area contributed by atoms with Crippen molar-refractivity contribution in [2.24, 2.45) is 0 Å². The molecule has 1 atom stereocenters. The van der Waals surface area contributed by atoms with E-state index >= 15 is 0 Å². The van der Waals surface area contributed by atoms with E-state index < -0.39 is 6.10 Å². The highest BCUT2D eigenvalue weighted by Crippen LogP contribution is 1.96. The molecule has 0 aromatic carbocycles. The molecule has 0 saturated heterocycles. The average Bonchev–Trinajstić information content (AvgIpc) is 2.07. The molecule has 0 amide bonds. The molecule has 0 fully saturated rings. The van der Waals surface area contributed by atoms with Gasteiger partial charge in [0, 0.05) is 12.7 Å². The zero-order chi connectivity index (χ0) is 9.84. The molecule has 1 rings (SSSR count). The van der Waals surface area contributed by atoms with Crippen molar-refractivity contribution in [2.75, 3.05) is 5.73 Å². The van der Waals surface area contributed by atoms with Crippen molar-refractivity contribution in [2.45, 2.75) is 26.0 Å². The van der Waals surface area contributed by atoms with Crippen LogP contribution in [0.4, 0.5) is 5.69 Å². The largest absolute Gasteiger partial charge is 0.394 e. The average molecular weight is 182 g/mol. The molecular formula is C9H14N2O2. The lowest BCUT2D eigenvalue weighted by Crippen LogP contribution is -2.23. The molecule has 0 aliphatic rings. The minimum absolute atomic E-state index is 0.192. The third-order valence-corrected chi connectivity index (χ3v) is 1.84. The normalized spacial score (nSPS) is 12.8. The number of nitrogen functional groups attached to an aromatic ring is 1. The van der Waals surface area contributed by atoms with E-state index in [-0.39, 0.29) is 11.2 Å². The highest BCUT2D eigenvalue weighted by atomic mass is 16.3. The zero-order valence-electron chi connectivity index (χ0n) is 7.60. The van der Waals surface area contributed by atoms with Gasteiger partial charge in [-0.05, 0) is 25.5 Å². The van der Waals surface area contributed by atoms with Crippen LogP contribution in [0.2, 0.25) is 0 Å². The molecule has 0 aliphatic carbocycles. The summed E-state index contributed by atoms with van der Waals surface area (Å²) in [4.78, 5) is 11.3. The van der Waals surface area contributed by atoms with Crippen LogP contribution in [0.1, 0.15) is 13.3 Å². The highest BCUT2D eigenvalue weighted by Gasteiger charge is 2.00. The number of rotatable bonds is 3. The number of hydrogen-bond acceptors (Lipinski definition) is 3. The predicted molar refractivity (Wildman–Crippen MR) is 51.4 cm³/mol. The number of aliphatic hydroxyl groups is 1. The standard InChI is InChI=1S/C9H14N2O2/c1-7(12)4-6-11-5-2-3-8(10)9(11)13/h2-3,5,7,12H,4,6,10H2,1H3. The van der Waals surface area contributed by atoms with Gasteiger partial charge in [-0.25, -0.2) is 0 Å². The second-order valence-corrected chi connectivity index (χ2v) is 3.10. The Balaban J connectivity index is 2.78. The molecule has 1 aromatic rings. The molecule has 1 unspecified atom stereocenters. The Labute approximate surface area is 76.6 Å². The van der Waals surface area contributed by atoms with E-state index in [1.165, 1.54) is 4.57 Å². The predicted octanol–water partition coefficient (Wildman–Crippen LogP) is 0.201. The van der Waals surface area contributed by atoms with Gasteiger partial charge in [0.2, 0.25) is 0 Å². The molecule has 1 aromatic heterocycles. The van der Waals surface area contributed by atoms with Gasteiger partial charge in [0.25, 0.3) is 5.56 Å². The van der Waals surface area contributed by atoms with E-state index in [0.717, 1.165) is 0 Å². The molecule has 0 saturated carbocycles. The van der Waals surface area contributed by atoms with Crippen molar-refractivity contribution >= 4 is 5.69 Å². The lowest BCUT2D eigenvalue weighted by atomic mass is 10.3. The first kappa shape index (κ1) is 9.80. The van der Waals surface area contributed by atoms with Crippen molar-refractivity contribution in [1.29, 1.82) is 0 Å². The first-order chi connectivity index (χ1) is 6.11. The van der Waals surface area contributed by atoms with Crippen LogP contribution in [0.5, 0.6) is 0 Å². The molecule has 0 spiro atoms. The monoisotopic (exact) mass is 182 g/mol. The van der Waals surface area contributed by atoms with Crippen LogP contribution in [0.15, 0.2) is 23.1 Å². The summed E-state index contributed by atoms with van der Waals surface area (Å²) < 4.78 is 1.50. The first-order valence-electron chi connectivity index (χ1n) is 4.24. The van der Waals surface area contributed by atoms with Crippen LogP contribution >= 0.6 is 0 Å². The molecule has 3 N–H and O–H groups in total. The molecule has 0 aliphatic heterocycles. The summed E-state index contributed by atoms with van der Waals surface area (Å²) in [5.74, 6) is 0. The third-order valence-electron chi connectivity index (χ3n) is 1.84.